The number of amides is 3. The number of aromatic nitrogens is 2. The average molecular weight is 496 g/mol. The van der Waals surface area contributed by atoms with E-state index in [1.165, 1.54) is 6.07 Å². The second-order valence-corrected chi connectivity index (χ2v) is 9.10. The molecule has 0 atom stereocenters. The Kier molecular flexibility index (Phi) is 6.64. The van der Waals surface area contributed by atoms with Crippen LogP contribution in [-0.2, 0) is 14.3 Å². The summed E-state index contributed by atoms with van der Waals surface area (Å²) in [5, 5.41) is 5.40. The van der Waals surface area contributed by atoms with Crippen molar-refractivity contribution in [2.75, 3.05) is 30.4 Å². The summed E-state index contributed by atoms with van der Waals surface area (Å²) in [5.74, 6) is -1.95. The molecule has 1 aliphatic heterocycles. The highest BCUT2D eigenvalue weighted by atomic mass is 19.1. The summed E-state index contributed by atoms with van der Waals surface area (Å²) >= 11 is 0. The molecule has 36 heavy (non-hydrogen) atoms. The molecule has 0 unspecified atom stereocenters. The number of aryl methyl sites for hydroxylation is 1. The van der Waals surface area contributed by atoms with Crippen LogP contribution in [0.5, 0.6) is 0 Å². The van der Waals surface area contributed by atoms with Crippen molar-refractivity contribution in [3.05, 3.63) is 47.7 Å². The van der Waals surface area contributed by atoms with Gasteiger partial charge in [-0.3, -0.25) is 14.4 Å². The topological polar surface area (TPSA) is 127 Å². The minimum absolute atomic E-state index is 0.0181. The molecule has 1 saturated heterocycles. The first-order valence-corrected chi connectivity index (χ1v) is 11.9. The van der Waals surface area contributed by atoms with Crippen molar-refractivity contribution in [2.24, 2.45) is 5.92 Å². The average Bonchev–Trinajstić information content (AvgIpc) is 3.23. The molecule has 1 saturated carbocycles. The molecule has 3 aromatic rings. The zero-order valence-corrected chi connectivity index (χ0v) is 19.8. The van der Waals surface area contributed by atoms with Gasteiger partial charge in [0.15, 0.2) is 5.58 Å². The summed E-state index contributed by atoms with van der Waals surface area (Å²) in [7, 11) is 0. The van der Waals surface area contributed by atoms with Crippen molar-refractivity contribution in [3.63, 3.8) is 0 Å². The van der Waals surface area contributed by atoms with E-state index >= 15 is 0 Å². The van der Waals surface area contributed by atoms with Crippen molar-refractivity contribution in [1.82, 2.24) is 14.9 Å². The lowest BCUT2D eigenvalue weighted by Gasteiger charge is -2.38. The number of furan rings is 1. The summed E-state index contributed by atoms with van der Waals surface area (Å²) in [6, 6.07) is 6.00. The van der Waals surface area contributed by atoms with Crippen molar-refractivity contribution >= 4 is 40.3 Å². The first-order chi connectivity index (χ1) is 17.4. The van der Waals surface area contributed by atoms with Crippen LogP contribution >= 0.6 is 0 Å². The lowest BCUT2D eigenvalue weighted by molar-refractivity contribution is -0.146. The van der Waals surface area contributed by atoms with Crippen LogP contribution in [0.2, 0.25) is 0 Å². The van der Waals surface area contributed by atoms with E-state index in [-0.39, 0.29) is 52.9 Å². The first-order valence-electron chi connectivity index (χ1n) is 11.9. The smallest absolute Gasteiger partial charge is 0.294 e. The van der Waals surface area contributed by atoms with Gasteiger partial charge >= 0.3 is 0 Å². The molecule has 2 fully saturated rings. The third-order valence-corrected chi connectivity index (χ3v) is 6.64. The van der Waals surface area contributed by atoms with Gasteiger partial charge in [0.2, 0.25) is 23.5 Å². The normalized spacial score (nSPS) is 20.4. The Bertz CT molecular complexity index is 1300. The Balaban J connectivity index is 1.33. The van der Waals surface area contributed by atoms with Crippen LogP contribution in [0, 0.1) is 18.8 Å². The number of nitrogens with one attached hydrogen (secondary N) is 2. The molecule has 1 aliphatic carbocycles. The lowest BCUT2D eigenvalue weighted by Crippen LogP contribution is -2.49. The highest BCUT2D eigenvalue weighted by Gasteiger charge is 2.34. The number of nitrogens with zero attached hydrogens (tertiary/aromatic N) is 3. The molecule has 0 spiro atoms. The summed E-state index contributed by atoms with van der Waals surface area (Å²) in [6.07, 6.45) is 4.14. The van der Waals surface area contributed by atoms with Gasteiger partial charge in [-0.2, -0.15) is 4.39 Å². The molecule has 0 bridgehead atoms. The Morgan fingerprint density at radius 2 is 1.92 bits per heavy atom. The second kappa shape index (κ2) is 10.0. The molecule has 10 nitrogen and oxygen atoms in total. The van der Waals surface area contributed by atoms with Gasteiger partial charge in [0, 0.05) is 24.7 Å². The van der Waals surface area contributed by atoms with Crippen molar-refractivity contribution in [3.8, 4) is 0 Å². The van der Waals surface area contributed by atoms with Crippen LogP contribution in [0.25, 0.3) is 11.1 Å². The van der Waals surface area contributed by atoms with E-state index in [0.717, 1.165) is 11.6 Å². The minimum Gasteiger partial charge on any atom is -0.447 e. The number of carbonyl (C=O) groups is 3. The predicted octanol–water partition coefficient (Wildman–Crippen LogP) is 3.28. The molecule has 2 N–H and O–H groups in total. The number of ether oxygens (including phenoxy) is 1. The maximum absolute atomic E-state index is 13.9. The number of carbonyl (C=O) groups excluding carboxylic acids is 3. The molecule has 0 aromatic carbocycles. The van der Waals surface area contributed by atoms with Gasteiger partial charge in [-0.25, -0.2) is 9.97 Å². The highest BCUT2D eigenvalue weighted by Crippen LogP contribution is 2.33. The van der Waals surface area contributed by atoms with Crippen molar-refractivity contribution < 1.29 is 27.9 Å². The Morgan fingerprint density at radius 1 is 1.11 bits per heavy atom. The molecule has 188 valence electrons. The standard InChI is InChI=1S/C25H26FN5O5/c1-14-2-9-19(27-12-14)29-25(34)23-22(21-17(36-23)7-8-18(26)28-21)30-24(33)15-3-5-16(6-4-15)31-10-11-35-13-20(31)32/h2,7-9,12,15-16H,3-6,10-11,13H2,1H3,(H,30,33)(H,27,29,34)/t15-,16-. The number of halogens is 1. The van der Waals surface area contributed by atoms with Crippen LogP contribution < -0.4 is 10.6 Å². The first kappa shape index (κ1) is 23.9. The monoisotopic (exact) mass is 495 g/mol. The maximum atomic E-state index is 13.9. The molecular weight excluding hydrogens is 469 g/mol. The third kappa shape index (κ3) is 4.92. The Labute approximate surface area is 206 Å². The number of rotatable bonds is 5. The zero-order valence-electron chi connectivity index (χ0n) is 19.8. The molecule has 2 aliphatic rings. The number of fused-ring (bicyclic) bond motifs is 1. The zero-order chi connectivity index (χ0) is 25.2. The molecule has 0 radical (unpaired) electrons. The van der Waals surface area contributed by atoms with Crippen LogP contribution in [0.1, 0.15) is 41.8 Å². The molecule has 3 amide bonds. The quantitative estimate of drug-likeness (QED) is 0.520. The molecule has 4 heterocycles. The number of hydrogen-bond acceptors (Lipinski definition) is 7. The van der Waals surface area contributed by atoms with Gasteiger partial charge in [0.05, 0.1) is 6.61 Å². The van der Waals surface area contributed by atoms with Gasteiger partial charge in [0.25, 0.3) is 5.91 Å². The summed E-state index contributed by atoms with van der Waals surface area (Å²) in [4.78, 5) is 48.2. The second-order valence-electron chi connectivity index (χ2n) is 9.10. The Morgan fingerprint density at radius 3 is 2.64 bits per heavy atom. The molecule has 11 heteroatoms. The maximum Gasteiger partial charge on any atom is 0.294 e. The van der Waals surface area contributed by atoms with E-state index in [1.807, 2.05) is 11.8 Å². The lowest BCUT2D eigenvalue weighted by atomic mass is 9.84. The SMILES string of the molecule is Cc1ccc(NC(=O)c2oc3ccc(F)nc3c2NC(=O)[C@H]2CC[C@H](N3CCOCC3=O)CC2)nc1. The van der Waals surface area contributed by atoms with Gasteiger partial charge in [0.1, 0.15) is 23.6 Å². The van der Waals surface area contributed by atoms with E-state index in [4.69, 9.17) is 9.15 Å². The third-order valence-electron chi connectivity index (χ3n) is 6.64. The highest BCUT2D eigenvalue weighted by molar-refractivity contribution is 6.13. The number of anilines is 2. The Hall–Kier alpha value is -3.86. The number of pyridine rings is 2. The fraction of sp³-hybridized carbons (Fsp3) is 0.400. The summed E-state index contributed by atoms with van der Waals surface area (Å²) in [5.41, 5.74) is 1.17. The van der Waals surface area contributed by atoms with Crippen LogP contribution in [0.3, 0.4) is 0 Å². The van der Waals surface area contributed by atoms with E-state index in [1.54, 1.807) is 18.3 Å². The van der Waals surface area contributed by atoms with Gasteiger partial charge < -0.3 is 24.7 Å². The van der Waals surface area contributed by atoms with E-state index in [2.05, 4.69) is 20.6 Å². The van der Waals surface area contributed by atoms with E-state index in [0.29, 0.717) is 44.7 Å². The molecule has 5 rings (SSSR count). The van der Waals surface area contributed by atoms with Gasteiger partial charge in [-0.05, 0) is 56.4 Å². The van der Waals surface area contributed by atoms with Crippen molar-refractivity contribution in [1.29, 1.82) is 0 Å². The van der Waals surface area contributed by atoms with Crippen LogP contribution in [0.15, 0.2) is 34.9 Å². The van der Waals surface area contributed by atoms with E-state index < -0.39 is 11.9 Å². The number of hydrogen-bond donors (Lipinski definition) is 2. The van der Waals surface area contributed by atoms with Crippen molar-refractivity contribution in [2.45, 2.75) is 38.6 Å². The minimum atomic E-state index is -0.762. The van der Waals surface area contributed by atoms with Crippen LogP contribution in [-0.4, -0.2) is 58.4 Å². The predicted molar refractivity (Wildman–Crippen MR) is 128 cm³/mol. The summed E-state index contributed by atoms with van der Waals surface area (Å²) in [6.45, 7) is 3.05. The van der Waals surface area contributed by atoms with Gasteiger partial charge in [-0.1, -0.05) is 6.07 Å². The molecule has 3 aromatic heterocycles. The summed E-state index contributed by atoms with van der Waals surface area (Å²) < 4.78 is 24.8. The molecular formula is C25H26FN5O5. The fourth-order valence-electron chi connectivity index (χ4n) is 4.73. The van der Waals surface area contributed by atoms with Crippen LogP contribution in [0.4, 0.5) is 15.9 Å². The van der Waals surface area contributed by atoms with Gasteiger partial charge in [-0.15, -0.1) is 0 Å². The van der Waals surface area contributed by atoms with E-state index in [9.17, 15) is 18.8 Å². The fourth-order valence-corrected chi connectivity index (χ4v) is 4.73. The largest absolute Gasteiger partial charge is 0.447 e. The number of morpholine rings is 1.